The first kappa shape index (κ1) is 18.7. The number of carbonyl (C=O) groups excluding carboxylic acids is 1. The van der Waals surface area contributed by atoms with Gasteiger partial charge in [0.15, 0.2) is 5.82 Å². The number of carbonyl (C=O) groups is 1. The van der Waals surface area contributed by atoms with Crippen molar-refractivity contribution in [2.45, 2.75) is 45.7 Å². The predicted octanol–water partition coefficient (Wildman–Crippen LogP) is 1.19. The molecule has 0 radical (unpaired) electrons. The number of rotatable bonds is 5. The summed E-state index contributed by atoms with van der Waals surface area (Å²) in [5.41, 5.74) is 0. The maximum atomic E-state index is 12.5. The summed E-state index contributed by atoms with van der Waals surface area (Å²) in [5, 5.41) is 6.88. The number of nitrogens with zero attached hydrogens (tertiary/aromatic N) is 5. The molecule has 1 atom stereocenters. The second-order valence-electron chi connectivity index (χ2n) is 8.59. The zero-order valence-corrected chi connectivity index (χ0v) is 16.6. The first-order valence-electron chi connectivity index (χ1n) is 10.4. The molecule has 4 aliphatic heterocycles. The van der Waals surface area contributed by atoms with E-state index in [2.05, 4.69) is 39.1 Å². The molecule has 5 heterocycles. The first-order chi connectivity index (χ1) is 13.1. The molecular formula is C19H32N6O2. The monoisotopic (exact) mass is 376 g/mol. The molecule has 150 valence electrons. The van der Waals surface area contributed by atoms with Crippen molar-refractivity contribution in [3.05, 3.63) is 11.7 Å². The molecule has 5 rings (SSSR count). The maximum Gasteiger partial charge on any atom is 0.317 e. The average molecular weight is 377 g/mol. The van der Waals surface area contributed by atoms with Gasteiger partial charge in [-0.15, -0.1) is 0 Å². The van der Waals surface area contributed by atoms with Crippen LogP contribution >= 0.6 is 0 Å². The standard InChI is InChI=1S/C19H32N6O2/c1-14(2)11-18-21-17(22-27-18)12-20-19(26)25-9-7-24(8-10-25)16-13-23-5-3-15(16)4-6-23/h14-16H,3-13H2,1-2H3,(H,20,26). The van der Waals surface area contributed by atoms with Crippen LogP contribution in [0.3, 0.4) is 0 Å². The Morgan fingerprint density at radius 2 is 1.93 bits per heavy atom. The van der Waals surface area contributed by atoms with Gasteiger partial charge in [-0.2, -0.15) is 4.98 Å². The lowest BCUT2D eigenvalue weighted by atomic mass is 9.83. The number of urea groups is 1. The summed E-state index contributed by atoms with van der Waals surface area (Å²) >= 11 is 0. The maximum absolute atomic E-state index is 12.5. The molecule has 0 spiro atoms. The number of piperidine rings is 3. The van der Waals surface area contributed by atoms with E-state index < -0.39 is 0 Å². The number of piperazine rings is 1. The Hall–Kier alpha value is -1.67. The van der Waals surface area contributed by atoms with Crippen molar-refractivity contribution in [1.82, 2.24) is 30.2 Å². The van der Waals surface area contributed by atoms with Gasteiger partial charge in [0, 0.05) is 45.2 Å². The minimum atomic E-state index is -0.0289. The smallest absolute Gasteiger partial charge is 0.317 e. The fraction of sp³-hybridized carbons (Fsp3) is 0.842. The molecule has 0 aliphatic carbocycles. The molecule has 0 aromatic carbocycles. The van der Waals surface area contributed by atoms with Crippen molar-refractivity contribution in [3.63, 3.8) is 0 Å². The lowest BCUT2D eigenvalue weighted by molar-refractivity contribution is -0.0103. The Balaban J connectivity index is 1.21. The molecule has 0 saturated carbocycles. The zero-order valence-electron chi connectivity index (χ0n) is 16.6. The fourth-order valence-corrected chi connectivity index (χ4v) is 4.66. The van der Waals surface area contributed by atoms with Crippen LogP contribution in [-0.4, -0.2) is 82.7 Å². The third kappa shape index (κ3) is 4.43. The van der Waals surface area contributed by atoms with Gasteiger partial charge in [0.05, 0.1) is 6.54 Å². The Morgan fingerprint density at radius 1 is 1.19 bits per heavy atom. The van der Waals surface area contributed by atoms with Gasteiger partial charge in [-0.25, -0.2) is 4.79 Å². The highest BCUT2D eigenvalue weighted by Gasteiger charge is 2.38. The average Bonchev–Trinajstić information content (AvgIpc) is 3.13. The van der Waals surface area contributed by atoms with E-state index >= 15 is 0 Å². The van der Waals surface area contributed by atoms with Crippen LogP contribution in [-0.2, 0) is 13.0 Å². The van der Waals surface area contributed by atoms with Crippen molar-refractivity contribution in [3.8, 4) is 0 Å². The van der Waals surface area contributed by atoms with E-state index in [9.17, 15) is 4.79 Å². The van der Waals surface area contributed by atoms with E-state index in [0.717, 1.165) is 38.5 Å². The number of hydrogen-bond donors (Lipinski definition) is 1. The van der Waals surface area contributed by atoms with Crippen LogP contribution in [0.1, 0.15) is 38.4 Å². The molecule has 8 nitrogen and oxygen atoms in total. The summed E-state index contributed by atoms with van der Waals surface area (Å²) in [6.07, 6.45) is 3.45. The molecule has 4 aliphatic rings. The first-order valence-corrected chi connectivity index (χ1v) is 10.4. The van der Waals surface area contributed by atoms with E-state index in [1.165, 1.54) is 32.5 Å². The number of aromatic nitrogens is 2. The third-order valence-corrected chi connectivity index (χ3v) is 6.18. The summed E-state index contributed by atoms with van der Waals surface area (Å²) in [4.78, 5) is 23.9. The third-order valence-electron chi connectivity index (χ3n) is 6.18. The van der Waals surface area contributed by atoms with Gasteiger partial charge in [0.25, 0.3) is 0 Å². The molecule has 1 unspecified atom stereocenters. The predicted molar refractivity (Wildman–Crippen MR) is 101 cm³/mol. The van der Waals surface area contributed by atoms with E-state index in [1.807, 2.05) is 4.90 Å². The van der Waals surface area contributed by atoms with Gasteiger partial charge in [0.1, 0.15) is 0 Å². The van der Waals surface area contributed by atoms with Gasteiger partial charge in [-0.1, -0.05) is 19.0 Å². The van der Waals surface area contributed by atoms with Crippen LogP contribution in [0.5, 0.6) is 0 Å². The number of fused-ring (bicyclic) bond motifs is 3. The zero-order chi connectivity index (χ0) is 18.8. The highest BCUT2D eigenvalue weighted by Crippen LogP contribution is 2.31. The molecule has 27 heavy (non-hydrogen) atoms. The van der Waals surface area contributed by atoms with Gasteiger partial charge in [-0.05, 0) is 37.8 Å². The molecule has 1 aromatic heterocycles. The van der Waals surface area contributed by atoms with Crippen molar-refractivity contribution < 1.29 is 9.32 Å². The number of nitrogens with one attached hydrogen (secondary N) is 1. The lowest BCUT2D eigenvalue weighted by Crippen LogP contribution is -2.62. The topological polar surface area (TPSA) is 77.7 Å². The van der Waals surface area contributed by atoms with Gasteiger partial charge in [0.2, 0.25) is 5.89 Å². The largest absolute Gasteiger partial charge is 0.339 e. The second kappa shape index (κ2) is 8.14. The molecule has 2 amide bonds. The fourth-order valence-electron chi connectivity index (χ4n) is 4.66. The summed E-state index contributed by atoms with van der Waals surface area (Å²) in [6.45, 7) is 11.8. The van der Waals surface area contributed by atoms with Gasteiger partial charge in [-0.3, -0.25) is 4.90 Å². The minimum absolute atomic E-state index is 0.0289. The summed E-state index contributed by atoms with van der Waals surface area (Å²) in [7, 11) is 0. The summed E-state index contributed by atoms with van der Waals surface area (Å²) in [6, 6.07) is 0.662. The lowest BCUT2D eigenvalue weighted by Gasteiger charge is -2.50. The highest BCUT2D eigenvalue weighted by atomic mass is 16.5. The molecule has 8 heteroatoms. The molecule has 2 bridgehead atoms. The summed E-state index contributed by atoms with van der Waals surface area (Å²) in [5.74, 6) is 2.51. The Morgan fingerprint density at radius 3 is 2.56 bits per heavy atom. The number of amides is 2. The SMILES string of the molecule is CC(C)Cc1nc(CNC(=O)N2CCN(C3CN4CCC3CC4)CC2)no1. The van der Waals surface area contributed by atoms with Crippen molar-refractivity contribution in [1.29, 1.82) is 0 Å². The molecule has 1 N–H and O–H groups in total. The van der Waals surface area contributed by atoms with Crippen LogP contribution < -0.4 is 5.32 Å². The van der Waals surface area contributed by atoms with Crippen LogP contribution in [0.15, 0.2) is 4.52 Å². The van der Waals surface area contributed by atoms with Gasteiger partial charge < -0.3 is 19.6 Å². The second-order valence-corrected chi connectivity index (χ2v) is 8.59. The van der Waals surface area contributed by atoms with Crippen molar-refractivity contribution in [2.75, 3.05) is 45.8 Å². The van der Waals surface area contributed by atoms with Gasteiger partial charge >= 0.3 is 6.03 Å². The minimum Gasteiger partial charge on any atom is -0.339 e. The van der Waals surface area contributed by atoms with Crippen LogP contribution in [0.2, 0.25) is 0 Å². The van der Waals surface area contributed by atoms with Crippen molar-refractivity contribution in [2.24, 2.45) is 11.8 Å². The van der Waals surface area contributed by atoms with Crippen LogP contribution in [0.25, 0.3) is 0 Å². The molecular weight excluding hydrogens is 344 g/mol. The Bertz CT molecular complexity index is 632. The van der Waals surface area contributed by atoms with Crippen molar-refractivity contribution >= 4 is 6.03 Å². The summed E-state index contributed by atoms with van der Waals surface area (Å²) < 4.78 is 5.22. The Labute approximate surface area is 161 Å². The molecule has 4 fully saturated rings. The normalized spacial score (nSPS) is 28.7. The van der Waals surface area contributed by atoms with Crippen LogP contribution in [0, 0.1) is 11.8 Å². The van der Waals surface area contributed by atoms with E-state index in [1.54, 1.807) is 0 Å². The molecule has 4 saturated heterocycles. The number of hydrogen-bond acceptors (Lipinski definition) is 6. The molecule has 1 aromatic rings. The van der Waals surface area contributed by atoms with Crippen LogP contribution in [0.4, 0.5) is 4.79 Å². The van der Waals surface area contributed by atoms with E-state index in [4.69, 9.17) is 4.52 Å². The van der Waals surface area contributed by atoms with E-state index in [0.29, 0.717) is 30.2 Å². The quantitative estimate of drug-likeness (QED) is 0.832. The van der Waals surface area contributed by atoms with E-state index in [-0.39, 0.29) is 6.03 Å². The Kier molecular flexibility index (Phi) is 5.63. The highest BCUT2D eigenvalue weighted by molar-refractivity contribution is 5.74.